The molecule has 1 N–H and O–H groups in total. The molecule has 2 heterocycles. The number of aromatic nitrogens is 1. The quantitative estimate of drug-likeness (QED) is 0.905. The van der Waals surface area contributed by atoms with Crippen molar-refractivity contribution in [2.75, 3.05) is 24.6 Å². The van der Waals surface area contributed by atoms with Crippen molar-refractivity contribution in [3.05, 3.63) is 24.0 Å². The van der Waals surface area contributed by atoms with E-state index in [1.165, 1.54) is 24.1 Å². The zero-order valence-corrected chi connectivity index (χ0v) is 13.9. The fourth-order valence-electron chi connectivity index (χ4n) is 2.75. The van der Waals surface area contributed by atoms with Crippen molar-refractivity contribution in [3.63, 3.8) is 0 Å². The smallest absolute Gasteiger partial charge is 0.0750 e. The summed E-state index contributed by atoms with van der Waals surface area (Å²) in [7, 11) is 0. The minimum atomic E-state index is 0.114. The monoisotopic (exact) mass is 291 g/mol. The van der Waals surface area contributed by atoms with Gasteiger partial charge in [0.25, 0.3) is 0 Å². The van der Waals surface area contributed by atoms with Gasteiger partial charge in [-0.1, -0.05) is 0 Å². The van der Waals surface area contributed by atoms with Crippen molar-refractivity contribution < 1.29 is 4.74 Å². The summed E-state index contributed by atoms with van der Waals surface area (Å²) in [5, 5.41) is 3.56. The van der Waals surface area contributed by atoms with E-state index in [2.05, 4.69) is 49.0 Å². The summed E-state index contributed by atoms with van der Waals surface area (Å²) in [4.78, 5) is 6.75. The van der Waals surface area contributed by atoms with Gasteiger partial charge in [-0.05, 0) is 46.6 Å². The lowest BCUT2D eigenvalue weighted by Gasteiger charge is -2.35. The zero-order chi connectivity index (χ0) is 15.3. The Kier molecular flexibility index (Phi) is 5.59. The van der Waals surface area contributed by atoms with E-state index in [4.69, 9.17) is 4.74 Å². The molecule has 1 aliphatic rings. The predicted octanol–water partition coefficient (Wildman–Crippen LogP) is 2.98. The Hall–Kier alpha value is -1.13. The van der Waals surface area contributed by atoms with E-state index in [9.17, 15) is 0 Å². The summed E-state index contributed by atoms with van der Waals surface area (Å²) in [6.07, 6.45) is 6.60. The van der Waals surface area contributed by atoms with Crippen LogP contribution in [0.15, 0.2) is 18.5 Å². The van der Waals surface area contributed by atoms with Gasteiger partial charge in [0, 0.05) is 55.4 Å². The Labute approximate surface area is 128 Å². The van der Waals surface area contributed by atoms with Crippen molar-refractivity contribution in [2.24, 2.45) is 0 Å². The van der Waals surface area contributed by atoms with Crippen LogP contribution in [-0.2, 0) is 11.3 Å². The van der Waals surface area contributed by atoms with Crippen molar-refractivity contribution in [1.29, 1.82) is 0 Å². The second kappa shape index (κ2) is 7.23. The Morgan fingerprint density at radius 3 is 2.95 bits per heavy atom. The second-order valence-electron chi connectivity index (χ2n) is 6.77. The van der Waals surface area contributed by atoms with Crippen LogP contribution in [-0.4, -0.2) is 36.3 Å². The van der Waals surface area contributed by atoms with E-state index in [1.807, 2.05) is 12.4 Å². The first-order chi connectivity index (χ1) is 9.99. The van der Waals surface area contributed by atoms with Gasteiger partial charge in [-0.25, -0.2) is 0 Å². The third-order valence-corrected chi connectivity index (χ3v) is 3.81. The van der Waals surface area contributed by atoms with Crippen LogP contribution in [0.5, 0.6) is 0 Å². The predicted molar refractivity (Wildman–Crippen MR) is 87.7 cm³/mol. The standard InChI is InChI=1S/C17H29N3O/c1-5-21-15-7-6-10-20(13-15)16-8-9-18-11-14(16)12-19-17(2,3)4/h8-9,11,15,19H,5-7,10,12-13H2,1-4H3. The summed E-state index contributed by atoms with van der Waals surface area (Å²) >= 11 is 0. The first kappa shape index (κ1) is 16.2. The van der Waals surface area contributed by atoms with Crippen molar-refractivity contribution in [1.82, 2.24) is 10.3 Å². The number of hydrogen-bond acceptors (Lipinski definition) is 4. The zero-order valence-electron chi connectivity index (χ0n) is 13.9. The maximum absolute atomic E-state index is 5.82. The molecule has 2 rings (SSSR count). The second-order valence-corrected chi connectivity index (χ2v) is 6.77. The van der Waals surface area contributed by atoms with Crippen LogP contribution in [0.1, 0.15) is 46.1 Å². The summed E-state index contributed by atoms with van der Waals surface area (Å²) in [6, 6.07) is 2.13. The fraction of sp³-hybridized carbons (Fsp3) is 0.706. The number of piperidine rings is 1. The van der Waals surface area contributed by atoms with E-state index in [0.717, 1.165) is 26.2 Å². The largest absolute Gasteiger partial charge is 0.377 e. The minimum absolute atomic E-state index is 0.114. The maximum Gasteiger partial charge on any atom is 0.0750 e. The Balaban J connectivity index is 2.08. The Morgan fingerprint density at radius 1 is 1.43 bits per heavy atom. The van der Waals surface area contributed by atoms with Crippen LogP contribution < -0.4 is 10.2 Å². The lowest BCUT2D eigenvalue weighted by atomic mass is 10.0. The molecule has 4 nitrogen and oxygen atoms in total. The van der Waals surface area contributed by atoms with E-state index >= 15 is 0 Å². The molecule has 0 amide bonds. The Morgan fingerprint density at radius 2 is 2.24 bits per heavy atom. The molecule has 1 aromatic rings. The molecule has 4 heteroatoms. The number of anilines is 1. The van der Waals surface area contributed by atoms with E-state index in [1.54, 1.807) is 0 Å². The molecule has 0 spiro atoms. The topological polar surface area (TPSA) is 37.4 Å². The maximum atomic E-state index is 5.82. The molecule has 1 aliphatic heterocycles. The molecule has 1 atom stereocenters. The molecule has 1 saturated heterocycles. The molecular weight excluding hydrogens is 262 g/mol. The summed E-state index contributed by atoms with van der Waals surface area (Å²) in [5.74, 6) is 0. The molecule has 1 aromatic heterocycles. The van der Waals surface area contributed by atoms with Gasteiger partial charge in [-0.2, -0.15) is 0 Å². The lowest BCUT2D eigenvalue weighted by Crippen LogP contribution is -2.41. The Bertz CT molecular complexity index is 440. The average molecular weight is 291 g/mol. The summed E-state index contributed by atoms with van der Waals surface area (Å²) < 4.78 is 5.82. The van der Waals surface area contributed by atoms with Gasteiger partial charge in [0.2, 0.25) is 0 Å². The van der Waals surface area contributed by atoms with Crippen molar-refractivity contribution in [2.45, 2.75) is 58.7 Å². The summed E-state index contributed by atoms with van der Waals surface area (Å²) in [6.45, 7) is 12.4. The van der Waals surface area contributed by atoms with Crippen LogP contribution in [0.3, 0.4) is 0 Å². The molecule has 21 heavy (non-hydrogen) atoms. The minimum Gasteiger partial charge on any atom is -0.377 e. The molecule has 0 saturated carbocycles. The molecule has 0 bridgehead atoms. The van der Waals surface area contributed by atoms with Crippen LogP contribution in [0.2, 0.25) is 0 Å². The number of pyridine rings is 1. The highest BCUT2D eigenvalue weighted by Crippen LogP contribution is 2.25. The van der Waals surface area contributed by atoms with Crippen molar-refractivity contribution in [3.8, 4) is 0 Å². The lowest BCUT2D eigenvalue weighted by molar-refractivity contribution is 0.0526. The first-order valence-corrected chi connectivity index (χ1v) is 8.04. The van der Waals surface area contributed by atoms with Gasteiger partial charge in [0.15, 0.2) is 0 Å². The SMILES string of the molecule is CCOC1CCCN(c2ccncc2CNC(C)(C)C)C1. The van der Waals surface area contributed by atoms with Gasteiger partial charge in [-0.3, -0.25) is 4.98 Å². The molecule has 0 aliphatic carbocycles. The van der Waals surface area contributed by atoms with Crippen LogP contribution >= 0.6 is 0 Å². The van der Waals surface area contributed by atoms with Gasteiger partial charge < -0.3 is 15.0 Å². The summed E-state index contributed by atoms with van der Waals surface area (Å²) in [5.41, 5.74) is 2.68. The molecule has 1 fully saturated rings. The van der Waals surface area contributed by atoms with Crippen LogP contribution in [0.25, 0.3) is 0 Å². The van der Waals surface area contributed by atoms with Crippen LogP contribution in [0, 0.1) is 0 Å². The first-order valence-electron chi connectivity index (χ1n) is 8.04. The molecule has 0 radical (unpaired) electrons. The molecule has 118 valence electrons. The van der Waals surface area contributed by atoms with Gasteiger partial charge in [0.05, 0.1) is 6.10 Å². The third-order valence-electron chi connectivity index (χ3n) is 3.81. The van der Waals surface area contributed by atoms with E-state index in [0.29, 0.717) is 6.10 Å². The normalized spacial score (nSPS) is 19.8. The average Bonchev–Trinajstić information content (AvgIpc) is 2.45. The number of ether oxygens (including phenoxy) is 1. The number of rotatable bonds is 5. The van der Waals surface area contributed by atoms with Crippen LogP contribution in [0.4, 0.5) is 5.69 Å². The third kappa shape index (κ3) is 4.97. The molecular formula is C17H29N3O. The highest BCUT2D eigenvalue weighted by atomic mass is 16.5. The van der Waals surface area contributed by atoms with Crippen molar-refractivity contribution >= 4 is 5.69 Å². The van der Waals surface area contributed by atoms with E-state index < -0.39 is 0 Å². The molecule has 1 unspecified atom stereocenters. The number of nitrogens with zero attached hydrogens (tertiary/aromatic N) is 2. The van der Waals surface area contributed by atoms with E-state index in [-0.39, 0.29) is 5.54 Å². The van der Waals surface area contributed by atoms with Gasteiger partial charge in [0.1, 0.15) is 0 Å². The molecule has 0 aromatic carbocycles. The highest BCUT2D eigenvalue weighted by Gasteiger charge is 2.22. The number of hydrogen-bond donors (Lipinski definition) is 1. The fourth-order valence-corrected chi connectivity index (χ4v) is 2.75. The number of nitrogens with one attached hydrogen (secondary N) is 1. The van der Waals surface area contributed by atoms with Gasteiger partial charge >= 0.3 is 0 Å². The van der Waals surface area contributed by atoms with Gasteiger partial charge in [-0.15, -0.1) is 0 Å². The highest BCUT2D eigenvalue weighted by molar-refractivity contribution is 5.52.